The summed E-state index contributed by atoms with van der Waals surface area (Å²) >= 11 is 0. The van der Waals surface area contributed by atoms with E-state index in [1.807, 2.05) is 42.5 Å². The molecule has 0 aliphatic carbocycles. The van der Waals surface area contributed by atoms with Crippen LogP contribution in [0, 0.1) is 13.8 Å². The molecular formula is C17H16N2O. The fourth-order valence-electron chi connectivity index (χ4n) is 2.15. The zero-order valence-electron chi connectivity index (χ0n) is 11.6. The topological polar surface area (TPSA) is 48.1 Å². The SMILES string of the molecule is Cc1ccc(Oc2ccc3ncccc3c2N)cc1C. The lowest BCUT2D eigenvalue weighted by molar-refractivity contribution is 0.485. The smallest absolute Gasteiger partial charge is 0.151 e. The summed E-state index contributed by atoms with van der Waals surface area (Å²) in [6.07, 6.45) is 1.76. The van der Waals surface area contributed by atoms with Crippen LogP contribution in [0.2, 0.25) is 0 Å². The Morgan fingerprint density at radius 2 is 1.85 bits per heavy atom. The van der Waals surface area contributed by atoms with Crippen LogP contribution in [0.1, 0.15) is 11.1 Å². The maximum atomic E-state index is 6.17. The summed E-state index contributed by atoms with van der Waals surface area (Å²) in [5.74, 6) is 1.46. The number of nitrogens with zero attached hydrogens (tertiary/aromatic N) is 1. The van der Waals surface area contributed by atoms with Gasteiger partial charge in [0.15, 0.2) is 5.75 Å². The van der Waals surface area contributed by atoms with E-state index in [1.54, 1.807) is 6.20 Å². The number of rotatable bonds is 2. The number of fused-ring (bicyclic) bond motifs is 1. The number of aromatic nitrogens is 1. The average molecular weight is 264 g/mol. The minimum Gasteiger partial charge on any atom is -0.455 e. The lowest BCUT2D eigenvalue weighted by Crippen LogP contribution is -1.94. The van der Waals surface area contributed by atoms with Gasteiger partial charge in [-0.25, -0.2) is 0 Å². The highest BCUT2D eigenvalue weighted by Crippen LogP contribution is 2.33. The van der Waals surface area contributed by atoms with Gasteiger partial charge in [-0.1, -0.05) is 6.07 Å². The molecule has 0 spiro atoms. The molecule has 3 aromatic rings. The van der Waals surface area contributed by atoms with E-state index in [9.17, 15) is 0 Å². The minimum atomic E-state index is 0.619. The van der Waals surface area contributed by atoms with E-state index in [4.69, 9.17) is 10.5 Å². The highest BCUT2D eigenvalue weighted by atomic mass is 16.5. The summed E-state index contributed by atoms with van der Waals surface area (Å²) in [7, 11) is 0. The van der Waals surface area contributed by atoms with E-state index in [2.05, 4.69) is 18.8 Å². The Hall–Kier alpha value is -2.55. The van der Waals surface area contributed by atoms with Crippen LogP contribution in [-0.4, -0.2) is 4.98 Å². The zero-order valence-corrected chi connectivity index (χ0v) is 11.6. The van der Waals surface area contributed by atoms with E-state index in [-0.39, 0.29) is 0 Å². The quantitative estimate of drug-likeness (QED) is 0.705. The zero-order chi connectivity index (χ0) is 14.1. The Morgan fingerprint density at radius 3 is 2.65 bits per heavy atom. The van der Waals surface area contributed by atoms with Gasteiger partial charge in [-0.15, -0.1) is 0 Å². The Labute approximate surface area is 118 Å². The predicted octanol–water partition coefficient (Wildman–Crippen LogP) is 4.23. The number of nitrogens with two attached hydrogens (primary N) is 1. The van der Waals surface area contributed by atoms with Crippen molar-refractivity contribution >= 4 is 16.6 Å². The maximum Gasteiger partial charge on any atom is 0.151 e. The van der Waals surface area contributed by atoms with Gasteiger partial charge in [0.05, 0.1) is 11.2 Å². The first-order valence-corrected chi connectivity index (χ1v) is 6.53. The van der Waals surface area contributed by atoms with Crippen molar-refractivity contribution in [2.24, 2.45) is 0 Å². The molecule has 0 bridgehead atoms. The second-order valence-corrected chi connectivity index (χ2v) is 4.90. The molecule has 3 nitrogen and oxygen atoms in total. The molecule has 0 saturated heterocycles. The van der Waals surface area contributed by atoms with Crippen LogP contribution in [0.5, 0.6) is 11.5 Å². The number of benzene rings is 2. The van der Waals surface area contributed by atoms with Gasteiger partial charge in [0.1, 0.15) is 5.75 Å². The molecular weight excluding hydrogens is 248 g/mol. The van der Waals surface area contributed by atoms with Gasteiger partial charge in [0.25, 0.3) is 0 Å². The molecule has 2 aromatic carbocycles. The lowest BCUT2D eigenvalue weighted by atomic mass is 10.1. The second-order valence-electron chi connectivity index (χ2n) is 4.90. The van der Waals surface area contributed by atoms with Crippen LogP contribution in [0.25, 0.3) is 10.9 Å². The number of hydrogen-bond acceptors (Lipinski definition) is 3. The number of nitrogen functional groups attached to an aromatic ring is 1. The van der Waals surface area contributed by atoms with E-state index in [0.29, 0.717) is 11.4 Å². The summed E-state index contributed by atoms with van der Waals surface area (Å²) in [6, 6.07) is 13.6. The lowest BCUT2D eigenvalue weighted by Gasteiger charge is -2.11. The molecule has 0 aliphatic rings. The van der Waals surface area contributed by atoms with Gasteiger partial charge >= 0.3 is 0 Å². The van der Waals surface area contributed by atoms with Crippen molar-refractivity contribution in [1.82, 2.24) is 4.98 Å². The molecule has 0 amide bonds. The molecule has 0 aliphatic heterocycles. The Bertz CT molecular complexity index is 781. The molecule has 0 radical (unpaired) electrons. The van der Waals surface area contributed by atoms with Crippen molar-refractivity contribution in [3.05, 3.63) is 59.8 Å². The summed E-state index contributed by atoms with van der Waals surface area (Å²) < 4.78 is 5.90. The van der Waals surface area contributed by atoms with E-state index in [0.717, 1.165) is 16.7 Å². The van der Waals surface area contributed by atoms with Crippen LogP contribution < -0.4 is 10.5 Å². The highest BCUT2D eigenvalue weighted by Gasteiger charge is 2.07. The Morgan fingerprint density at radius 1 is 1.00 bits per heavy atom. The summed E-state index contributed by atoms with van der Waals surface area (Å²) in [6.45, 7) is 4.14. The maximum absolute atomic E-state index is 6.17. The molecule has 3 heteroatoms. The molecule has 1 heterocycles. The average Bonchev–Trinajstić information content (AvgIpc) is 2.46. The molecule has 0 unspecified atom stereocenters. The van der Waals surface area contributed by atoms with Gasteiger partial charge in [0, 0.05) is 11.6 Å². The van der Waals surface area contributed by atoms with Crippen molar-refractivity contribution < 1.29 is 4.74 Å². The van der Waals surface area contributed by atoms with Crippen LogP contribution in [0.3, 0.4) is 0 Å². The third-order valence-corrected chi connectivity index (χ3v) is 3.49. The highest BCUT2D eigenvalue weighted by molar-refractivity contribution is 5.93. The molecule has 2 N–H and O–H groups in total. The Balaban J connectivity index is 2.02. The fourth-order valence-corrected chi connectivity index (χ4v) is 2.15. The first-order chi connectivity index (χ1) is 9.65. The van der Waals surface area contributed by atoms with Crippen LogP contribution >= 0.6 is 0 Å². The van der Waals surface area contributed by atoms with Gasteiger partial charge in [0.2, 0.25) is 0 Å². The molecule has 0 saturated carbocycles. The van der Waals surface area contributed by atoms with Gasteiger partial charge in [-0.05, 0) is 61.4 Å². The van der Waals surface area contributed by atoms with Crippen molar-refractivity contribution in [2.75, 3.05) is 5.73 Å². The van der Waals surface area contributed by atoms with Crippen molar-refractivity contribution in [3.8, 4) is 11.5 Å². The first kappa shape index (κ1) is 12.5. The minimum absolute atomic E-state index is 0.619. The van der Waals surface area contributed by atoms with Crippen LogP contribution in [-0.2, 0) is 0 Å². The van der Waals surface area contributed by atoms with Gasteiger partial charge in [-0.2, -0.15) is 0 Å². The number of hydrogen-bond donors (Lipinski definition) is 1. The monoisotopic (exact) mass is 264 g/mol. The number of pyridine rings is 1. The summed E-state index contributed by atoms with van der Waals surface area (Å²) in [5, 5.41) is 0.911. The predicted molar refractivity (Wildman–Crippen MR) is 82.1 cm³/mol. The molecule has 0 fully saturated rings. The normalized spacial score (nSPS) is 10.7. The summed E-state index contributed by atoms with van der Waals surface area (Å²) in [4.78, 5) is 4.28. The molecule has 3 rings (SSSR count). The second kappa shape index (κ2) is 4.85. The third-order valence-electron chi connectivity index (χ3n) is 3.49. The molecule has 100 valence electrons. The molecule has 0 atom stereocenters. The third kappa shape index (κ3) is 2.18. The van der Waals surface area contributed by atoms with Crippen LogP contribution in [0.4, 0.5) is 5.69 Å². The van der Waals surface area contributed by atoms with Gasteiger partial charge in [-0.3, -0.25) is 4.98 Å². The van der Waals surface area contributed by atoms with Crippen molar-refractivity contribution in [2.45, 2.75) is 13.8 Å². The van der Waals surface area contributed by atoms with E-state index >= 15 is 0 Å². The standard InChI is InChI=1S/C17H16N2O/c1-11-5-6-13(10-12(11)2)20-16-8-7-15-14(17(16)18)4-3-9-19-15/h3-10H,18H2,1-2H3. The van der Waals surface area contributed by atoms with Crippen LogP contribution in [0.15, 0.2) is 48.7 Å². The molecule has 1 aromatic heterocycles. The number of ether oxygens (including phenoxy) is 1. The largest absolute Gasteiger partial charge is 0.455 e. The Kier molecular flexibility index (Phi) is 3.03. The van der Waals surface area contributed by atoms with E-state index < -0.39 is 0 Å². The number of aryl methyl sites for hydroxylation is 2. The number of anilines is 1. The summed E-state index contributed by atoms with van der Waals surface area (Å²) in [5.41, 5.74) is 10.1. The van der Waals surface area contributed by atoms with Gasteiger partial charge < -0.3 is 10.5 Å². The first-order valence-electron chi connectivity index (χ1n) is 6.53. The van der Waals surface area contributed by atoms with Crippen molar-refractivity contribution in [3.63, 3.8) is 0 Å². The fraction of sp³-hybridized carbons (Fsp3) is 0.118. The van der Waals surface area contributed by atoms with Crippen molar-refractivity contribution in [1.29, 1.82) is 0 Å². The molecule has 20 heavy (non-hydrogen) atoms. The van der Waals surface area contributed by atoms with E-state index in [1.165, 1.54) is 11.1 Å².